The average Bonchev–Trinajstić information content (AvgIpc) is 2.39. The lowest BCUT2D eigenvalue weighted by Gasteiger charge is -2.17. The predicted molar refractivity (Wildman–Crippen MR) is 53.2 cm³/mol. The van der Waals surface area contributed by atoms with Crippen LogP contribution in [-0.4, -0.2) is 42.0 Å². The molecule has 1 fully saturated rings. The number of carbonyl (C=O) groups is 1. The number of likely N-dealkylation sites (N-methyl/N-ethyl adjacent to an activating group) is 1. The minimum atomic E-state index is -0.0865. The molecule has 0 bridgehead atoms. The van der Waals surface area contributed by atoms with Gasteiger partial charge in [-0.25, -0.2) is 0 Å². The molecule has 0 aromatic heterocycles. The maximum Gasteiger partial charge on any atom is 0.244 e. The van der Waals surface area contributed by atoms with E-state index in [1.807, 2.05) is 7.05 Å². The fourth-order valence-electron chi connectivity index (χ4n) is 1.63. The SMILES string of the molecule is C=CC1C(=O)N(C)CN1CCCC. The van der Waals surface area contributed by atoms with Gasteiger partial charge in [0.1, 0.15) is 6.04 Å². The fourth-order valence-corrected chi connectivity index (χ4v) is 1.63. The molecule has 1 heterocycles. The molecule has 0 aromatic rings. The molecule has 1 atom stereocenters. The van der Waals surface area contributed by atoms with Crippen molar-refractivity contribution in [1.29, 1.82) is 0 Å². The molecule has 1 saturated heterocycles. The van der Waals surface area contributed by atoms with Crippen molar-refractivity contribution < 1.29 is 4.79 Å². The Hall–Kier alpha value is -0.830. The highest BCUT2D eigenvalue weighted by atomic mass is 16.2. The lowest BCUT2D eigenvalue weighted by atomic mass is 10.2. The van der Waals surface area contributed by atoms with Gasteiger partial charge in [0.25, 0.3) is 0 Å². The third kappa shape index (κ3) is 2.10. The summed E-state index contributed by atoms with van der Waals surface area (Å²) in [5.41, 5.74) is 0. The van der Waals surface area contributed by atoms with Gasteiger partial charge in [0.15, 0.2) is 0 Å². The molecule has 0 aromatic carbocycles. The van der Waals surface area contributed by atoms with E-state index >= 15 is 0 Å². The second kappa shape index (κ2) is 4.42. The average molecular weight is 182 g/mol. The number of amides is 1. The van der Waals surface area contributed by atoms with Crippen LogP contribution in [0.2, 0.25) is 0 Å². The summed E-state index contributed by atoms with van der Waals surface area (Å²) < 4.78 is 0. The largest absolute Gasteiger partial charge is 0.331 e. The van der Waals surface area contributed by atoms with E-state index in [2.05, 4.69) is 18.4 Å². The van der Waals surface area contributed by atoms with Gasteiger partial charge in [-0.15, -0.1) is 6.58 Å². The molecule has 3 heteroatoms. The van der Waals surface area contributed by atoms with E-state index in [1.54, 1.807) is 11.0 Å². The molecule has 0 radical (unpaired) electrons. The van der Waals surface area contributed by atoms with Crippen molar-refractivity contribution in [1.82, 2.24) is 9.80 Å². The summed E-state index contributed by atoms with van der Waals surface area (Å²) in [7, 11) is 1.84. The summed E-state index contributed by atoms with van der Waals surface area (Å²) in [6.45, 7) is 7.59. The standard InChI is InChI=1S/C10H18N2O/c1-4-6-7-12-8-11(3)10(13)9(12)5-2/h5,9H,2,4,6-8H2,1,3H3. The van der Waals surface area contributed by atoms with Gasteiger partial charge in [-0.1, -0.05) is 19.4 Å². The molecule has 3 nitrogen and oxygen atoms in total. The summed E-state index contributed by atoms with van der Waals surface area (Å²) in [6.07, 6.45) is 4.05. The van der Waals surface area contributed by atoms with Crippen LogP contribution >= 0.6 is 0 Å². The number of carbonyl (C=O) groups excluding carboxylic acids is 1. The van der Waals surface area contributed by atoms with E-state index in [0.717, 1.165) is 26.1 Å². The fraction of sp³-hybridized carbons (Fsp3) is 0.700. The van der Waals surface area contributed by atoms with Crippen molar-refractivity contribution in [2.24, 2.45) is 0 Å². The Labute approximate surface area is 80.0 Å². The monoisotopic (exact) mass is 182 g/mol. The Kier molecular flexibility index (Phi) is 3.48. The summed E-state index contributed by atoms with van der Waals surface area (Å²) in [5.74, 6) is 0.172. The van der Waals surface area contributed by atoms with Crippen LogP contribution in [0.4, 0.5) is 0 Å². The Morgan fingerprint density at radius 1 is 1.69 bits per heavy atom. The van der Waals surface area contributed by atoms with Crippen LogP contribution < -0.4 is 0 Å². The Morgan fingerprint density at radius 2 is 2.38 bits per heavy atom. The minimum absolute atomic E-state index is 0.0865. The molecule has 0 spiro atoms. The molecule has 74 valence electrons. The third-order valence-electron chi connectivity index (χ3n) is 2.44. The lowest BCUT2D eigenvalue weighted by Crippen LogP contribution is -2.31. The maximum atomic E-state index is 11.5. The van der Waals surface area contributed by atoms with Crippen molar-refractivity contribution in [3.05, 3.63) is 12.7 Å². The first kappa shape index (κ1) is 10.3. The zero-order valence-electron chi connectivity index (χ0n) is 8.49. The Morgan fingerprint density at radius 3 is 2.92 bits per heavy atom. The van der Waals surface area contributed by atoms with Gasteiger partial charge in [0.2, 0.25) is 5.91 Å². The molecular weight excluding hydrogens is 164 g/mol. The van der Waals surface area contributed by atoms with Crippen LogP contribution in [0.3, 0.4) is 0 Å². The van der Waals surface area contributed by atoms with E-state index in [9.17, 15) is 4.79 Å². The third-order valence-corrected chi connectivity index (χ3v) is 2.44. The molecular formula is C10H18N2O. The zero-order valence-corrected chi connectivity index (χ0v) is 8.49. The van der Waals surface area contributed by atoms with Gasteiger partial charge in [0, 0.05) is 13.6 Å². The summed E-state index contributed by atoms with van der Waals surface area (Å²) in [6, 6.07) is -0.0865. The first-order chi connectivity index (χ1) is 6.20. The number of hydrogen-bond acceptors (Lipinski definition) is 2. The normalized spacial score (nSPS) is 24.0. The summed E-state index contributed by atoms with van der Waals surface area (Å²) >= 11 is 0. The number of unbranched alkanes of at least 4 members (excludes halogenated alkanes) is 1. The predicted octanol–water partition coefficient (Wildman–Crippen LogP) is 1.07. The topological polar surface area (TPSA) is 23.6 Å². The lowest BCUT2D eigenvalue weighted by molar-refractivity contribution is -0.127. The van der Waals surface area contributed by atoms with Crippen molar-refractivity contribution in [3.8, 4) is 0 Å². The highest BCUT2D eigenvalue weighted by Gasteiger charge is 2.33. The van der Waals surface area contributed by atoms with Crippen molar-refractivity contribution >= 4 is 5.91 Å². The summed E-state index contributed by atoms with van der Waals surface area (Å²) in [5, 5.41) is 0. The molecule has 1 rings (SSSR count). The molecule has 13 heavy (non-hydrogen) atoms. The first-order valence-corrected chi connectivity index (χ1v) is 4.82. The smallest absolute Gasteiger partial charge is 0.244 e. The van der Waals surface area contributed by atoms with Crippen LogP contribution in [0, 0.1) is 0 Å². The van der Waals surface area contributed by atoms with Gasteiger partial charge in [-0.05, 0) is 6.42 Å². The molecule has 1 unspecified atom stereocenters. The van der Waals surface area contributed by atoms with Crippen LogP contribution in [0.15, 0.2) is 12.7 Å². The summed E-state index contributed by atoms with van der Waals surface area (Å²) in [4.78, 5) is 15.4. The molecule has 0 aliphatic carbocycles. The molecule has 1 amide bonds. The van der Waals surface area contributed by atoms with Gasteiger partial charge in [0.05, 0.1) is 6.67 Å². The van der Waals surface area contributed by atoms with E-state index in [4.69, 9.17) is 0 Å². The second-order valence-corrected chi connectivity index (χ2v) is 3.52. The van der Waals surface area contributed by atoms with E-state index in [1.165, 1.54) is 0 Å². The van der Waals surface area contributed by atoms with E-state index in [-0.39, 0.29) is 11.9 Å². The van der Waals surface area contributed by atoms with Gasteiger partial charge < -0.3 is 4.90 Å². The molecule has 0 N–H and O–H groups in total. The molecule has 1 aliphatic rings. The second-order valence-electron chi connectivity index (χ2n) is 3.52. The molecule has 1 aliphatic heterocycles. The maximum absolute atomic E-state index is 11.5. The zero-order chi connectivity index (χ0) is 9.84. The van der Waals surface area contributed by atoms with Gasteiger partial charge >= 0.3 is 0 Å². The number of hydrogen-bond donors (Lipinski definition) is 0. The minimum Gasteiger partial charge on any atom is -0.331 e. The van der Waals surface area contributed by atoms with Crippen LogP contribution in [0.1, 0.15) is 19.8 Å². The van der Waals surface area contributed by atoms with Crippen LogP contribution in [0.5, 0.6) is 0 Å². The van der Waals surface area contributed by atoms with E-state index < -0.39 is 0 Å². The van der Waals surface area contributed by atoms with Gasteiger partial charge in [-0.2, -0.15) is 0 Å². The van der Waals surface area contributed by atoms with Crippen molar-refractivity contribution in [2.45, 2.75) is 25.8 Å². The van der Waals surface area contributed by atoms with Crippen LogP contribution in [-0.2, 0) is 4.79 Å². The van der Waals surface area contributed by atoms with Crippen molar-refractivity contribution in [2.75, 3.05) is 20.3 Å². The first-order valence-electron chi connectivity index (χ1n) is 4.82. The van der Waals surface area contributed by atoms with Crippen LogP contribution in [0.25, 0.3) is 0 Å². The Balaban J connectivity index is 2.54. The molecule has 0 saturated carbocycles. The number of nitrogens with zero attached hydrogens (tertiary/aromatic N) is 2. The highest BCUT2D eigenvalue weighted by Crippen LogP contribution is 2.14. The van der Waals surface area contributed by atoms with Crippen molar-refractivity contribution in [3.63, 3.8) is 0 Å². The Bertz CT molecular complexity index is 203. The van der Waals surface area contributed by atoms with Gasteiger partial charge in [-0.3, -0.25) is 9.69 Å². The quantitative estimate of drug-likeness (QED) is 0.607. The highest BCUT2D eigenvalue weighted by molar-refractivity contribution is 5.85. The number of rotatable bonds is 4. The van der Waals surface area contributed by atoms with E-state index in [0.29, 0.717) is 0 Å².